The van der Waals surface area contributed by atoms with Crippen molar-refractivity contribution in [3.8, 4) is 11.1 Å². The number of carbonyl (C=O) groups is 3. The van der Waals surface area contributed by atoms with Crippen LogP contribution < -0.4 is 10.6 Å². The van der Waals surface area contributed by atoms with Crippen LogP contribution in [0.4, 0.5) is 4.79 Å². The number of hydrogen-bond acceptors (Lipinski definition) is 4. The van der Waals surface area contributed by atoms with Crippen molar-refractivity contribution in [2.45, 2.75) is 50.5 Å². The molecule has 1 fully saturated rings. The Hall–Kier alpha value is -3.35. The van der Waals surface area contributed by atoms with E-state index in [9.17, 15) is 14.4 Å². The number of nitrogens with one attached hydrogen (secondary N) is 2. The number of carbonyl (C=O) groups excluding carboxylic acids is 2. The molecule has 2 aliphatic rings. The fourth-order valence-corrected chi connectivity index (χ4v) is 5.03. The third kappa shape index (κ3) is 5.72. The van der Waals surface area contributed by atoms with Crippen LogP contribution in [0.1, 0.15) is 55.6 Å². The molecule has 7 heteroatoms. The van der Waals surface area contributed by atoms with E-state index in [1.165, 1.54) is 22.3 Å². The lowest BCUT2D eigenvalue weighted by Crippen LogP contribution is -2.34. The highest BCUT2D eigenvalue weighted by molar-refractivity contribution is 5.79. The summed E-state index contributed by atoms with van der Waals surface area (Å²) in [6.07, 6.45) is 2.88. The second-order valence-electron chi connectivity index (χ2n) is 8.90. The highest BCUT2D eigenvalue weighted by atomic mass is 16.5. The van der Waals surface area contributed by atoms with E-state index in [1.54, 1.807) is 0 Å². The Labute approximate surface area is 193 Å². The number of amides is 2. The van der Waals surface area contributed by atoms with E-state index in [2.05, 4.69) is 34.9 Å². The number of carboxylic acid groups (broad SMARTS) is 1. The van der Waals surface area contributed by atoms with Gasteiger partial charge in [0, 0.05) is 31.3 Å². The molecular weight excluding hydrogens is 420 g/mol. The van der Waals surface area contributed by atoms with Crippen LogP contribution in [0.2, 0.25) is 0 Å². The first kappa shape index (κ1) is 22.8. The maximum atomic E-state index is 12.2. The van der Waals surface area contributed by atoms with Crippen molar-refractivity contribution in [2.75, 3.05) is 13.2 Å². The van der Waals surface area contributed by atoms with Gasteiger partial charge in [-0.1, -0.05) is 48.5 Å². The van der Waals surface area contributed by atoms with Gasteiger partial charge in [-0.05, 0) is 53.9 Å². The summed E-state index contributed by atoms with van der Waals surface area (Å²) in [4.78, 5) is 35.1. The van der Waals surface area contributed by atoms with Crippen LogP contribution in [0.25, 0.3) is 11.1 Å². The van der Waals surface area contributed by atoms with Crippen molar-refractivity contribution in [3.63, 3.8) is 0 Å². The molecular formula is C26H30N2O5. The van der Waals surface area contributed by atoms with Crippen LogP contribution in [0.5, 0.6) is 0 Å². The van der Waals surface area contributed by atoms with Gasteiger partial charge in [0.1, 0.15) is 6.61 Å². The summed E-state index contributed by atoms with van der Waals surface area (Å²) in [6, 6.07) is 16.4. The van der Waals surface area contributed by atoms with Crippen LogP contribution in [-0.4, -0.2) is 42.3 Å². The topological polar surface area (TPSA) is 105 Å². The Morgan fingerprint density at radius 1 is 0.970 bits per heavy atom. The monoisotopic (exact) mass is 450 g/mol. The predicted octanol–water partition coefficient (Wildman–Crippen LogP) is 4.06. The minimum Gasteiger partial charge on any atom is -0.481 e. The van der Waals surface area contributed by atoms with Crippen molar-refractivity contribution in [3.05, 3.63) is 59.7 Å². The van der Waals surface area contributed by atoms with Crippen LogP contribution in [0.15, 0.2) is 48.5 Å². The molecule has 3 N–H and O–H groups in total. The summed E-state index contributed by atoms with van der Waals surface area (Å²) in [6.45, 7) is 0.621. The fourth-order valence-electron chi connectivity index (χ4n) is 5.03. The first-order valence-electron chi connectivity index (χ1n) is 11.6. The maximum Gasteiger partial charge on any atom is 0.407 e. The van der Waals surface area contributed by atoms with Gasteiger partial charge in [0.05, 0.1) is 0 Å². The average Bonchev–Trinajstić information content (AvgIpc) is 3.36. The van der Waals surface area contributed by atoms with Crippen molar-refractivity contribution in [1.29, 1.82) is 0 Å². The number of ether oxygens (including phenoxy) is 1. The highest BCUT2D eigenvalue weighted by Gasteiger charge is 2.29. The number of fused-ring (bicyclic) bond motifs is 3. The number of carboxylic acids is 1. The van der Waals surface area contributed by atoms with Gasteiger partial charge >= 0.3 is 12.1 Å². The molecule has 0 radical (unpaired) electrons. The summed E-state index contributed by atoms with van der Waals surface area (Å²) in [5.74, 6) is -0.690. The Kier molecular flexibility index (Phi) is 7.27. The summed E-state index contributed by atoms with van der Waals surface area (Å²) in [5, 5.41) is 14.6. The molecule has 0 spiro atoms. The molecule has 2 atom stereocenters. The summed E-state index contributed by atoms with van der Waals surface area (Å²) in [5.41, 5.74) is 4.70. The van der Waals surface area contributed by atoms with E-state index in [0.717, 1.165) is 19.3 Å². The van der Waals surface area contributed by atoms with E-state index in [4.69, 9.17) is 9.84 Å². The normalized spacial score (nSPS) is 18.9. The summed E-state index contributed by atoms with van der Waals surface area (Å²) >= 11 is 0. The van der Waals surface area contributed by atoms with E-state index in [0.29, 0.717) is 19.4 Å². The largest absolute Gasteiger partial charge is 0.481 e. The molecule has 2 aromatic carbocycles. The molecule has 33 heavy (non-hydrogen) atoms. The molecule has 2 aliphatic carbocycles. The van der Waals surface area contributed by atoms with Gasteiger partial charge in [0.2, 0.25) is 5.91 Å². The lowest BCUT2D eigenvalue weighted by atomic mass is 9.98. The maximum absolute atomic E-state index is 12.2. The quantitative estimate of drug-likeness (QED) is 0.500. The van der Waals surface area contributed by atoms with Crippen molar-refractivity contribution < 1.29 is 24.2 Å². The zero-order valence-corrected chi connectivity index (χ0v) is 18.6. The Morgan fingerprint density at radius 3 is 2.30 bits per heavy atom. The van der Waals surface area contributed by atoms with E-state index < -0.39 is 12.1 Å². The highest BCUT2D eigenvalue weighted by Crippen LogP contribution is 2.44. The van der Waals surface area contributed by atoms with Crippen molar-refractivity contribution in [1.82, 2.24) is 10.6 Å². The van der Waals surface area contributed by atoms with Crippen LogP contribution in [-0.2, 0) is 14.3 Å². The lowest BCUT2D eigenvalue weighted by molar-refractivity contribution is -0.138. The SMILES string of the molecule is O=C(O)C[C@H]1CC[C@@H](NC(=O)CCCNC(=O)OCC2c3ccccc3-c3ccccc32)C1. The number of aliphatic carboxylic acids is 1. The minimum atomic E-state index is -0.786. The third-order valence-corrected chi connectivity index (χ3v) is 6.56. The lowest BCUT2D eigenvalue weighted by Gasteiger charge is -2.15. The molecule has 2 aromatic rings. The molecule has 7 nitrogen and oxygen atoms in total. The van der Waals surface area contributed by atoms with E-state index >= 15 is 0 Å². The molecule has 174 valence electrons. The van der Waals surface area contributed by atoms with Gasteiger partial charge in [-0.15, -0.1) is 0 Å². The smallest absolute Gasteiger partial charge is 0.407 e. The van der Waals surface area contributed by atoms with Gasteiger partial charge in [-0.2, -0.15) is 0 Å². The molecule has 0 saturated heterocycles. The number of benzene rings is 2. The number of rotatable bonds is 9. The molecule has 2 amide bonds. The standard InChI is InChI=1S/C26H30N2O5/c29-24(28-18-12-11-17(14-18)15-25(30)31)10-5-13-27-26(32)33-16-23-21-8-3-1-6-19(21)20-7-2-4-9-22(20)23/h1-4,6-9,17-18,23H,5,10-16H2,(H,27,32)(H,28,29)(H,30,31)/t17-,18+/m0/s1. The third-order valence-electron chi connectivity index (χ3n) is 6.56. The molecule has 0 unspecified atom stereocenters. The summed E-state index contributed by atoms with van der Waals surface area (Å²) < 4.78 is 5.50. The Bertz CT molecular complexity index is 976. The summed E-state index contributed by atoms with van der Waals surface area (Å²) in [7, 11) is 0. The molecule has 1 saturated carbocycles. The van der Waals surface area contributed by atoms with Crippen LogP contribution in [0.3, 0.4) is 0 Å². The van der Waals surface area contributed by atoms with E-state index in [-0.39, 0.29) is 36.8 Å². The molecule has 0 bridgehead atoms. The van der Waals surface area contributed by atoms with Crippen molar-refractivity contribution in [2.24, 2.45) is 5.92 Å². The van der Waals surface area contributed by atoms with E-state index in [1.807, 2.05) is 24.3 Å². The average molecular weight is 451 g/mol. The number of alkyl carbamates (subject to hydrolysis) is 1. The Balaban J connectivity index is 1.15. The van der Waals surface area contributed by atoms with Gasteiger partial charge in [-0.3, -0.25) is 9.59 Å². The zero-order chi connectivity index (χ0) is 23.2. The van der Waals surface area contributed by atoms with Gasteiger partial charge < -0.3 is 20.5 Å². The molecule has 0 aliphatic heterocycles. The zero-order valence-electron chi connectivity index (χ0n) is 18.6. The number of hydrogen-bond donors (Lipinski definition) is 3. The first-order valence-corrected chi connectivity index (χ1v) is 11.6. The second kappa shape index (κ2) is 10.5. The van der Waals surface area contributed by atoms with Gasteiger partial charge in [-0.25, -0.2) is 4.79 Å². The van der Waals surface area contributed by atoms with Crippen molar-refractivity contribution >= 4 is 18.0 Å². The first-order chi connectivity index (χ1) is 16.0. The predicted molar refractivity (Wildman–Crippen MR) is 124 cm³/mol. The molecule has 4 rings (SSSR count). The van der Waals surface area contributed by atoms with Crippen LogP contribution in [0, 0.1) is 5.92 Å². The molecule has 0 aromatic heterocycles. The fraction of sp³-hybridized carbons (Fsp3) is 0.423. The van der Waals surface area contributed by atoms with Gasteiger partial charge in [0.15, 0.2) is 0 Å². The Morgan fingerprint density at radius 2 is 1.64 bits per heavy atom. The van der Waals surface area contributed by atoms with Gasteiger partial charge in [0.25, 0.3) is 0 Å². The minimum absolute atomic E-state index is 0.0188. The molecule has 0 heterocycles. The van der Waals surface area contributed by atoms with Crippen LogP contribution >= 0.6 is 0 Å². The second-order valence-corrected chi connectivity index (χ2v) is 8.90.